The zero-order chi connectivity index (χ0) is 24.1. The van der Waals surface area contributed by atoms with Gasteiger partial charge in [-0.25, -0.2) is 4.98 Å². The number of carboxylic acid groups (broad SMARTS) is 1. The number of nitrogens with zero attached hydrogens (tertiary/aromatic N) is 4. The number of carbonyl (C=O) groups is 1. The van der Waals surface area contributed by atoms with Crippen LogP contribution >= 0.6 is 0 Å². The maximum atomic E-state index is 11.0. The van der Waals surface area contributed by atoms with E-state index < -0.39 is 12.0 Å². The third-order valence-corrected chi connectivity index (χ3v) is 5.46. The molecule has 9 heteroatoms. The van der Waals surface area contributed by atoms with E-state index in [1.165, 1.54) is 0 Å². The molecule has 0 amide bonds. The predicted molar refractivity (Wildman–Crippen MR) is 126 cm³/mol. The summed E-state index contributed by atoms with van der Waals surface area (Å²) in [5, 5.41) is 18.4. The number of hydrogen-bond donors (Lipinski definition) is 2. The molecule has 9 nitrogen and oxygen atoms in total. The fourth-order valence-electron chi connectivity index (χ4n) is 3.69. The number of benzene rings is 1. The molecule has 3 aromatic rings. The van der Waals surface area contributed by atoms with E-state index in [2.05, 4.69) is 20.9 Å². The van der Waals surface area contributed by atoms with Gasteiger partial charge in [0, 0.05) is 42.7 Å². The van der Waals surface area contributed by atoms with Crippen molar-refractivity contribution < 1.29 is 19.4 Å². The molecule has 3 N–H and O–H groups in total. The Kier molecular flexibility index (Phi) is 7.01. The van der Waals surface area contributed by atoms with Crippen molar-refractivity contribution in [2.75, 3.05) is 31.2 Å². The van der Waals surface area contributed by atoms with E-state index in [0.717, 1.165) is 30.2 Å². The average Bonchev–Trinajstić information content (AvgIpc) is 2.84. The summed E-state index contributed by atoms with van der Waals surface area (Å²) in [5.74, 6) is 0.846. The Hall–Kier alpha value is -4.00. The van der Waals surface area contributed by atoms with Gasteiger partial charge >= 0.3 is 5.97 Å². The summed E-state index contributed by atoms with van der Waals surface area (Å²) in [5.41, 5.74) is 8.95. The van der Waals surface area contributed by atoms with Crippen molar-refractivity contribution in [2.45, 2.75) is 19.4 Å². The largest absolute Gasteiger partial charge is 0.480 e. The van der Waals surface area contributed by atoms with Crippen LogP contribution in [0.3, 0.4) is 0 Å². The molecule has 1 saturated heterocycles. The molecule has 3 heterocycles. The molecule has 1 aromatic carbocycles. The number of morpholine rings is 1. The number of rotatable bonds is 7. The number of pyridine rings is 2. The lowest BCUT2D eigenvalue weighted by molar-refractivity contribution is -0.138. The number of nitrogens with two attached hydrogens (primary N) is 1. The molecule has 1 atom stereocenters. The van der Waals surface area contributed by atoms with E-state index >= 15 is 0 Å². The molecule has 4 rings (SSSR count). The van der Waals surface area contributed by atoms with Crippen molar-refractivity contribution in [3.05, 3.63) is 65.5 Å². The van der Waals surface area contributed by atoms with Gasteiger partial charge in [-0.3, -0.25) is 9.78 Å². The number of carboxylic acids is 1. The van der Waals surface area contributed by atoms with Crippen molar-refractivity contribution in [3.8, 4) is 28.8 Å². The lowest BCUT2D eigenvalue weighted by Crippen LogP contribution is -2.36. The van der Waals surface area contributed by atoms with Crippen LogP contribution in [-0.2, 0) is 16.0 Å². The third kappa shape index (κ3) is 5.49. The van der Waals surface area contributed by atoms with Crippen LogP contribution in [-0.4, -0.2) is 53.4 Å². The van der Waals surface area contributed by atoms with Gasteiger partial charge in [0.25, 0.3) is 0 Å². The number of hydrogen-bond acceptors (Lipinski definition) is 8. The first-order valence-electron chi connectivity index (χ1n) is 10.9. The van der Waals surface area contributed by atoms with Gasteiger partial charge in [-0.1, -0.05) is 6.07 Å². The molecule has 34 heavy (non-hydrogen) atoms. The fourth-order valence-corrected chi connectivity index (χ4v) is 3.69. The predicted octanol–water partition coefficient (Wildman–Crippen LogP) is 2.91. The van der Waals surface area contributed by atoms with E-state index in [1.54, 1.807) is 36.5 Å². The van der Waals surface area contributed by atoms with Crippen molar-refractivity contribution in [1.29, 1.82) is 5.26 Å². The molecular weight excluding hydrogens is 434 g/mol. The van der Waals surface area contributed by atoms with Gasteiger partial charge in [-0.15, -0.1) is 0 Å². The second-order valence-electron chi connectivity index (χ2n) is 8.03. The minimum Gasteiger partial charge on any atom is -0.480 e. The van der Waals surface area contributed by atoms with Crippen molar-refractivity contribution >= 4 is 11.8 Å². The zero-order valence-corrected chi connectivity index (χ0v) is 18.8. The van der Waals surface area contributed by atoms with Gasteiger partial charge < -0.3 is 25.2 Å². The Balaban J connectivity index is 1.64. The van der Waals surface area contributed by atoms with E-state index in [0.29, 0.717) is 41.5 Å². The van der Waals surface area contributed by atoms with Crippen LogP contribution in [0.5, 0.6) is 11.5 Å². The molecule has 0 radical (unpaired) electrons. The number of nitriles is 1. The minimum absolute atomic E-state index is 0.181. The van der Waals surface area contributed by atoms with E-state index in [9.17, 15) is 10.1 Å². The number of aromatic nitrogens is 2. The molecule has 1 fully saturated rings. The topological polar surface area (TPSA) is 135 Å². The molecule has 0 unspecified atom stereocenters. The summed E-state index contributed by atoms with van der Waals surface area (Å²) < 4.78 is 11.7. The maximum absolute atomic E-state index is 11.0. The minimum atomic E-state index is -1.06. The van der Waals surface area contributed by atoms with Crippen molar-refractivity contribution in [1.82, 2.24) is 9.97 Å². The Labute approximate surface area is 197 Å². The molecule has 1 aliphatic rings. The van der Waals surface area contributed by atoms with Crippen molar-refractivity contribution in [3.63, 3.8) is 0 Å². The number of anilines is 1. The van der Waals surface area contributed by atoms with Gasteiger partial charge in [0.1, 0.15) is 23.4 Å². The summed E-state index contributed by atoms with van der Waals surface area (Å²) in [6.07, 6.45) is 1.78. The quantitative estimate of drug-likeness (QED) is 0.547. The monoisotopic (exact) mass is 459 g/mol. The summed E-state index contributed by atoms with van der Waals surface area (Å²) in [7, 11) is 0. The number of aliphatic carboxylic acids is 1. The Morgan fingerprint density at radius 3 is 2.74 bits per heavy atom. The molecule has 0 spiro atoms. The van der Waals surface area contributed by atoms with Crippen LogP contribution in [0.15, 0.2) is 48.7 Å². The molecule has 2 aromatic heterocycles. The highest BCUT2D eigenvalue weighted by atomic mass is 16.5. The van der Waals surface area contributed by atoms with Gasteiger partial charge in [0.2, 0.25) is 0 Å². The third-order valence-electron chi connectivity index (χ3n) is 5.46. The van der Waals surface area contributed by atoms with E-state index in [-0.39, 0.29) is 6.42 Å². The summed E-state index contributed by atoms with van der Waals surface area (Å²) in [6, 6.07) is 13.6. The average molecular weight is 460 g/mol. The Morgan fingerprint density at radius 1 is 1.26 bits per heavy atom. The van der Waals surface area contributed by atoms with Crippen LogP contribution in [0, 0.1) is 18.3 Å². The molecule has 0 bridgehead atoms. The first-order valence-corrected chi connectivity index (χ1v) is 10.9. The normalized spacial score (nSPS) is 14.3. The standard InChI is InChI=1S/C25H25N5O4/c1-16-10-19(13-24(29-16)30-6-8-33-9-7-30)34-23-12-17(14-26)2-4-20(23)22-5-3-18(15-28-22)11-21(27)25(31)32/h2-5,10,12-13,15,21H,6-9,11,27H2,1H3,(H,31,32)/t21-/m0/s1. The van der Waals surface area contributed by atoms with Gasteiger partial charge in [-0.05, 0) is 43.2 Å². The number of aryl methyl sites for hydroxylation is 1. The summed E-state index contributed by atoms with van der Waals surface area (Å²) in [6.45, 7) is 4.73. The second kappa shape index (κ2) is 10.3. The lowest BCUT2D eigenvalue weighted by Gasteiger charge is -2.28. The van der Waals surface area contributed by atoms with Crippen molar-refractivity contribution in [2.24, 2.45) is 5.73 Å². The van der Waals surface area contributed by atoms with Gasteiger partial charge in [0.15, 0.2) is 0 Å². The Bertz CT molecular complexity index is 1220. The first kappa shape index (κ1) is 23.2. The maximum Gasteiger partial charge on any atom is 0.320 e. The first-order chi connectivity index (χ1) is 16.4. The smallest absolute Gasteiger partial charge is 0.320 e. The SMILES string of the molecule is Cc1cc(Oc2cc(C#N)ccc2-c2ccc(C[C@H](N)C(=O)O)cn2)cc(N2CCOCC2)n1. The summed E-state index contributed by atoms with van der Waals surface area (Å²) >= 11 is 0. The molecular formula is C25H25N5O4. The highest BCUT2D eigenvalue weighted by Crippen LogP contribution is 2.34. The van der Waals surface area contributed by atoms with Crippen LogP contribution in [0.1, 0.15) is 16.8 Å². The number of ether oxygens (including phenoxy) is 2. The van der Waals surface area contributed by atoms with Gasteiger partial charge in [-0.2, -0.15) is 5.26 Å². The molecule has 1 aliphatic heterocycles. The van der Waals surface area contributed by atoms with Crippen LogP contribution in [0.25, 0.3) is 11.3 Å². The highest BCUT2D eigenvalue weighted by Gasteiger charge is 2.17. The van der Waals surface area contributed by atoms with Crippen LogP contribution in [0.2, 0.25) is 0 Å². The zero-order valence-electron chi connectivity index (χ0n) is 18.8. The molecule has 0 aliphatic carbocycles. The molecule has 174 valence electrons. The second-order valence-corrected chi connectivity index (χ2v) is 8.03. The summed E-state index contributed by atoms with van der Waals surface area (Å²) in [4.78, 5) is 22.3. The fraction of sp³-hybridized carbons (Fsp3) is 0.280. The lowest BCUT2D eigenvalue weighted by atomic mass is 10.0. The van der Waals surface area contributed by atoms with E-state index in [1.807, 2.05) is 19.1 Å². The molecule has 0 saturated carbocycles. The highest BCUT2D eigenvalue weighted by molar-refractivity contribution is 5.73. The Morgan fingerprint density at radius 2 is 2.06 bits per heavy atom. The van der Waals surface area contributed by atoms with Gasteiger partial charge in [0.05, 0.1) is 30.5 Å². The van der Waals surface area contributed by atoms with Crippen LogP contribution in [0.4, 0.5) is 5.82 Å². The van der Waals surface area contributed by atoms with Crippen LogP contribution < -0.4 is 15.4 Å². The van der Waals surface area contributed by atoms with E-state index in [4.69, 9.17) is 20.3 Å².